The van der Waals surface area contributed by atoms with Crippen molar-refractivity contribution >= 4 is 17.4 Å². The second kappa shape index (κ2) is 7.43. The van der Waals surface area contributed by atoms with E-state index in [1.165, 1.54) is 30.4 Å². The Morgan fingerprint density at radius 1 is 1.23 bits per heavy atom. The summed E-state index contributed by atoms with van der Waals surface area (Å²) in [6, 6.07) is 6.71. The highest BCUT2D eigenvalue weighted by molar-refractivity contribution is 6.28. The number of halogens is 1. The van der Waals surface area contributed by atoms with Crippen LogP contribution in [0.25, 0.3) is 0 Å². The SMILES string of the molecule is CC[C@@H]1CCc2cc(OC3CCN(c4nc(Cl)ncc4C)CC3)ccc21. The van der Waals surface area contributed by atoms with Gasteiger partial charge in [0.2, 0.25) is 5.28 Å². The Morgan fingerprint density at radius 2 is 2.04 bits per heavy atom. The van der Waals surface area contributed by atoms with Crippen LogP contribution in [0.3, 0.4) is 0 Å². The molecule has 2 aliphatic rings. The van der Waals surface area contributed by atoms with E-state index < -0.39 is 0 Å². The van der Waals surface area contributed by atoms with Crippen LogP contribution in [-0.4, -0.2) is 29.2 Å². The first kappa shape index (κ1) is 17.6. The van der Waals surface area contributed by atoms with Crippen molar-refractivity contribution in [2.45, 2.75) is 58.0 Å². The molecule has 1 aliphatic carbocycles. The van der Waals surface area contributed by atoms with E-state index in [4.69, 9.17) is 16.3 Å². The molecule has 26 heavy (non-hydrogen) atoms. The van der Waals surface area contributed by atoms with E-state index in [0.717, 1.165) is 49.0 Å². The minimum Gasteiger partial charge on any atom is -0.490 e. The predicted molar refractivity (Wildman–Crippen MR) is 105 cm³/mol. The Bertz CT molecular complexity index is 787. The van der Waals surface area contributed by atoms with Crippen LogP contribution in [0.2, 0.25) is 5.28 Å². The number of piperidine rings is 1. The molecular weight excluding hydrogens is 346 g/mol. The van der Waals surface area contributed by atoms with Gasteiger partial charge in [0.15, 0.2) is 0 Å². The van der Waals surface area contributed by atoms with Crippen molar-refractivity contribution < 1.29 is 4.74 Å². The molecule has 1 aliphatic heterocycles. The van der Waals surface area contributed by atoms with E-state index in [2.05, 4.69) is 40.0 Å². The number of anilines is 1. The Kier molecular flexibility index (Phi) is 5.03. The lowest BCUT2D eigenvalue weighted by Crippen LogP contribution is -2.39. The smallest absolute Gasteiger partial charge is 0.224 e. The quantitative estimate of drug-likeness (QED) is 0.714. The molecule has 0 spiro atoms. The standard InChI is InChI=1S/C21H26ClN3O/c1-3-15-4-5-16-12-18(6-7-19(15)16)26-17-8-10-25(11-9-17)20-14(2)13-23-21(22)24-20/h6-7,12-13,15,17H,3-5,8-11H2,1-2H3/t15-/m1/s1. The molecule has 1 aromatic carbocycles. The summed E-state index contributed by atoms with van der Waals surface area (Å²) >= 11 is 5.97. The first-order valence-electron chi connectivity index (χ1n) is 9.67. The average Bonchev–Trinajstić information content (AvgIpc) is 3.07. The van der Waals surface area contributed by atoms with Crippen LogP contribution in [0.1, 0.15) is 55.2 Å². The van der Waals surface area contributed by atoms with E-state index in [-0.39, 0.29) is 6.10 Å². The van der Waals surface area contributed by atoms with Gasteiger partial charge in [-0.15, -0.1) is 0 Å². The second-order valence-corrected chi connectivity index (χ2v) is 7.79. The molecule has 4 nitrogen and oxygen atoms in total. The third-order valence-electron chi connectivity index (χ3n) is 5.77. The first-order chi connectivity index (χ1) is 12.6. The number of aromatic nitrogens is 2. The predicted octanol–water partition coefficient (Wildman–Crippen LogP) is 4.93. The van der Waals surface area contributed by atoms with Crippen LogP contribution in [0.4, 0.5) is 5.82 Å². The van der Waals surface area contributed by atoms with Gasteiger partial charge in [-0.3, -0.25) is 0 Å². The molecule has 1 atom stereocenters. The lowest BCUT2D eigenvalue weighted by molar-refractivity contribution is 0.170. The van der Waals surface area contributed by atoms with Crippen LogP contribution in [0, 0.1) is 6.92 Å². The van der Waals surface area contributed by atoms with E-state index >= 15 is 0 Å². The van der Waals surface area contributed by atoms with Gasteiger partial charge in [0.05, 0.1) is 0 Å². The molecule has 0 radical (unpaired) electrons. The first-order valence-corrected chi connectivity index (χ1v) is 10.1. The lowest BCUT2D eigenvalue weighted by atomic mass is 9.99. The van der Waals surface area contributed by atoms with E-state index in [9.17, 15) is 0 Å². The highest BCUT2D eigenvalue weighted by atomic mass is 35.5. The summed E-state index contributed by atoms with van der Waals surface area (Å²) < 4.78 is 6.30. The summed E-state index contributed by atoms with van der Waals surface area (Å²) in [7, 11) is 0. The minimum absolute atomic E-state index is 0.269. The largest absolute Gasteiger partial charge is 0.490 e. The fraction of sp³-hybridized carbons (Fsp3) is 0.524. The Balaban J connectivity index is 1.38. The molecule has 2 heterocycles. The molecule has 0 bridgehead atoms. The van der Waals surface area contributed by atoms with Crippen molar-refractivity contribution in [1.29, 1.82) is 0 Å². The molecule has 0 amide bonds. The minimum atomic E-state index is 0.269. The zero-order chi connectivity index (χ0) is 18.1. The van der Waals surface area contributed by atoms with Crippen LogP contribution >= 0.6 is 11.6 Å². The maximum atomic E-state index is 6.30. The number of rotatable bonds is 4. The molecule has 4 rings (SSSR count). The molecule has 1 saturated heterocycles. The van der Waals surface area contributed by atoms with Gasteiger partial charge in [0.25, 0.3) is 0 Å². The van der Waals surface area contributed by atoms with Crippen molar-refractivity contribution in [2.75, 3.05) is 18.0 Å². The van der Waals surface area contributed by atoms with E-state index in [1.807, 2.05) is 6.92 Å². The second-order valence-electron chi connectivity index (χ2n) is 7.45. The monoisotopic (exact) mass is 371 g/mol. The Labute approximate surface area is 160 Å². The van der Waals surface area contributed by atoms with Crippen molar-refractivity contribution in [2.24, 2.45) is 0 Å². The molecule has 138 valence electrons. The van der Waals surface area contributed by atoms with Crippen molar-refractivity contribution in [1.82, 2.24) is 9.97 Å². The van der Waals surface area contributed by atoms with Crippen LogP contribution in [0.5, 0.6) is 5.75 Å². The van der Waals surface area contributed by atoms with Gasteiger partial charge in [-0.25, -0.2) is 9.97 Å². The number of aryl methyl sites for hydroxylation is 2. The third kappa shape index (κ3) is 3.52. The van der Waals surface area contributed by atoms with Crippen LogP contribution in [0.15, 0.2) is 24.4 Å². The number of hydrogen-bond donors (Lipinski definition) is 0. The maximum absolute atomic E-state index is 6.30. The summed E-state index contributed by atoms with van der Waals surface area (Å²) in [5.74, 6) is 2.72. The Hall–Kier alpha value is -1.81. The van der Waals surface area contributed by atoms with Gasteiger partial charge >= 0.3 is 0 Å². The molecular formula is C21H26ClN3O. The normalized spacial score (nSPS) is 20.3. The number of benzene rings is 1. The van der Waals surface area contributed by atoms with Gasteiger partial charge in [0.1, 0.15) is 17.7 Å². The molecule has 2 aromatic rings. The summed E-state index contributed by atoms with van der Waals surface area (Å²) in [5.41, 5.74) is 4.08. The molecule has 1 fully saturated rings. The van der Waals surface area contributed by atoms with Gasteiger partial charge in [0, 0.05) is 37.7 Å². The summed E-state index contributed by atoms with van der Waals surface area (Å²) in [6.45, 7) is 6.18. The van der Waals surface area contributed by atoms with Crippen molar-refractivity contribution in [3.8, 4) is 5.75 Å². The van der Waals surface area contributed by atoms with Gasteiger partial charge in [-0.05, 0) is 67.0 Å². The zero-order valence-electron chi connectivity index (χ0n) is 15.5. The molecule has 0 N–H and O–H groups in total. The number of fused-ring (bicyclic) bond motifs is 1. The van der Waals surface area contributed by atoms with E-state index in [0.29, 0.717) is 5.28 Å². The molecule has 5 heteroatoms. The summed E-state index contributed by atoms with van der Waals surface area (Å²) in [4.78, 5) is 10.7. The van der Waals surface area contributed by atoms with Crippen LogP contribution < -0.4 is 9.64 Å². The topological polar surface area (TPSA) is 38.2 Å². The number of hydrogen-bond acceptors (Lipinski definition) is 4. The van der Waals surface area contributed by atoms with Crippen molar-refractivity contribution in [3.05, 3.63) is 46.4 Å². The molecule has 0 unspecified atom stereocenters. The average molecular weight is 372 g/mol. The Morgan fingerprint density at radius 3 is 2.81 bits per heavy atom. The third-order valence-corrected chi connectivity index (χ3v) is 5.95. The van der Waals surface area contributed by atoms with E-state index in [1.54, 1.807) is 6.20 Å². The summed E-state index contributed by atoms with van der Waals surface area (Å²) in [6.07, 6.45) is 7.77. The lowest BCUT2D eigenvalue weighted by Gasteiger charge is -2.33. The highest BCUT2D eigenvalue weighted by Gasteiger charge is 2.25. The molecule has 1 aromatic heterocycles. The fourth-order valence-corrected chi connectivity index (χ4v) is 4.42. The highest BCUT2D eigenvalue weighted by Crippen LogP contribution is 2.37. The maximum Gasteiger partial charge on any atom is 0.224 e. The number of ether oxygens (including phenoxy) is 1. The van der Waals surface area contributed by atoms with Crippen molar-refractivity contribution in [3.63, 3.8) is 0 Å². The van der Waals surface area contributed by atoms with Gasteiger partial charge in [-0.2, -0.15) is 0 Å². The van der Waals surface area contributed by atoms with Crippen LogP contribution in [-0.2, 0) is 6.42 Å². The number of nitrogens with zero attached hydrogens (tertiary/aromatic N) is 3. The zero-order valence-corrected chi connectivity index (χ0v) is 16.3. The van der Waals surface area contributed by atoms with Gasteiger partial charge in [-0.1, -0.05) is 13.0 Å². The summed E-state index contributed by atoms with van der Waals surface area (Å²) in [5, 5.41) is 0.312. The van der Waals surface area contributed by atoms with Gasteiger partial charge < -0.3 is 9.64 Å². The fourth-order valence-electron chi connectivity index (χ4n) is 4.29. The molecule has 0 saturated carbocycles.